The molecule has 0 saturated heterocycles. The SMILES string of the molecule is c1ccc2c(c1)CCNC2.c1conn1. The Morgan fingerprint density at radius 2 is 2.07 bits per heavy atom. The third kappa shape index (κ3) is 2.89. The molecule has 0 aliphatic carbocycles. The molecule has 1 aromatic heterocycles. The summed E-state index contributed by atoms with van der Waals surface area (Å²) in [6, 6.07) is 8.63. The summed E-state index contributed by atoms with van der Waals surface area (Å²) in [4.78, 5) is 0. The van der Waals surface area contributed by atoms with Gasteiger partial charge in [0.25, 0.3) is 0 Å². The Morgan fingerprint density at radius 3 is 2.67 bits per heavy atom. The first-order valence-corrected chi connectivity index (χ1v) is 4.95. The van der Waals surface area contributed by atoms with Crippen LogP contribution in [0, 0.1) is 0 Å². The summed E-state index contributed by atoms with van der Waals surface area (Å²) in [7, 11) is 0. The molecule has 0 fully saturated rings. The highest BCUT2D eigenvalue weighted by atomic mass is 16.5. The van der Waals surface area contributed by atoms with Crippen LogP contribution in [0.15, 0.2) is 41.2 Å². The normalized spacial score (nSPS) is 13.6. The number of nitrogens with zero attached hydrogens (tertiary/aromatic N) is 2. The molecule has 15 heavy (non-hydrogen) atoms. The van der Waals surface area contributed by atoms with Gasteiger partial charge in [0.05, 0.1) is 6.20 Å². The van der Waals surface area contributed by atoms with E-state index >= 15 is 0 Å². The predicted octanol–water partition coefficient (Wildman–Crippen LogP) is 1.40. The van der Waals surface area contributed by atoms with Crippen molar-refractivity contribution in [2.24, 2.45) is 0 Å². The summed E-state index contributed by atoms with van der Waals surface area (Å²) < 4.78 is 4.22. The second kappa shape index (κ2) is 5.26. The highest BCUT2D eigenvalue weighted by molar-refractivity contribution is 5.28. The lowest BCUT2D eigenvalue weighted by atomic mass is 10.0. The summed E-state index contributed by atoms with van der Waals surface area (Å²) >= 11 is 0. The minimum atomic E-state index is 1.05. The molecule has 2 heterocycles. The van der Waals surface area contributed by atoms with E-state index in [2.05, 4.69) is 44.5 Å². The molecule has 0 unspecified atom stereocenters. The van der Waals surface area contributed by atoms with E-state index in [1.807, 2.05) is 0 Å². The van der Waals surface area contributed by atoms with Gasteiger partial charge in [-0.15, -0.1) is 5.10 Å². The lowest BCUT2D eigenvalue weighted by Crippen LogP contribution is -2.23. The van der Waals surface area contributed by atoms with Crippen LogP contribution in [-0.2, 0) is 13.0 Å². The summed E-state index contributed by atoms with van der Waals surface area (Å²) in [5, 5.41) is 9.74. The molecule has 0 spiro atoms. The van der Waals surface area contributed by atoms with Gasteiger partial charge in [0.1, 0.15) is 6.26 Å². The molecule has 0 bridgehead atoms. The van der Waals surface area contributed by atoms with Crippen molar-refractivity contribution in [1.29, 1.82) is 0 Å². The van der Waals surface area contributed by atoms with E-state index < -0.39 is 0 Å². The lowest BCUT2D eigenvalue weighted by Gasteiger charge is -2.15. The maximum Gasteiger partial charge on any atom is 0.144 e. The molecule has 4 nitrogen and oxygen atoms in total. The van der Waals surface area contributed by atoms with Gasteiger partial charge >= 0.3 is 0 Å². The number of hydrogen-bond donors (Lipinski definition) is 1. The third-order valence-electron chi connectivity index (χ3n) is 2.29. The van der Waals surface area contributed by atoms with Crippen LogP contribution in [0.3, 0.4) is 0 Å². The Morgan fingerprint density at radius 1 is 1.20 bits per heavy atom. The van der Waals surface area contributed by atoms with Crippen molar-refractivity contribution >= 4 is 0 Å². The molecule has 4 heteroatoms. The van der Waals surface area contributed by atoms with Gasteiger partial charge in [-0.2, -0.15) is 0 Å². The van der Waals surface area contributed by atoms with Crippen LogP contribution < -0.4 is 5.32 Å². The van der Waals surface area contributed by atoms with Crippen molar-refractivity contribution in [2.45, 2.75) is 13.0 Å². The minimum Gasteiger partial charge on any atom is -0.346 e. The first-order chi connectivity index (χ1) is 7.47. The molecule has 0 saturated carbocycles. The molecule has 2 aromatic rings. The second-order valence-corrected chi connectivity index (χ2v) is 3.28. The number of hydrogen-bond acceptors (Lipinski definition) is 4. The summed E-state index contributed by atoms with van der Waals surface area (Å²) in [5.74, 6) is 0. The zero-order chi connectivity index (χ0) is 10.3. The van der Waals surface area contributed by atoms with Crippen molar-refractivity contribution < 1.29 is 4.52 Å². The smallest absolute Gasteiger partial charge is 0.144 e. The van der Waals surface area contributed by atoms with Crippen LogP contribution in [0.4, 0.5) is 0 Å². The van der Waals surface area contributed by atoms with E-state index in [1.54, 1.807) is 0 Å². The van der Waals surface area contributed by atoms with Crippen LogP contribution in [0.5, 0.6) is 0 Å². The van der Waals surface area contributed by atoms with E-state index in [0.717, 1.165) is 13.1 Å². The monoisotopic (exact) mass is 203 g/mol. The number of aromatic nitrogens is 2. The fraction of sp³-hybridized carbons (Fsp3) is 0.273. The van der Waals surface area contributed by atoms with E-state index in [0.29, 0.717) is 0 Å². The number of rotatable bonds is 0. The lowest BCUT2D eigenvalue weighted by molar-refractivity contribution is 0.393. The van der Waals surface area contributed by atoms with Gasteiger partial charge in [-0.1, -0.05) is 24.3 Å². The van der Waals surface area contributed by atoms with Crippen LogP contribution >= 0.6 is 0 Å². The van der Waals surface area contributed by atoms with Crippen LogP contribution in [0.25, 0.3) is 0 Å². The quantitative estimate of drug-likeness (QED) is 0.703. The van der Waals surface area contributed by atoms with Crippen LogP contribution in [0.1, 0.15) is 11.1 Å². The van der Waals surface area contributed by atoms with Crippen molar-refractivity contribution in [2.75, 3.05) is 6.54 Å². The van der Waals surface area contributed by atoms with Gasteiger partial charge in [-0.05, 0) is 24.1 Å². The Bertz CT molecular complexity index is 344. The molecular weight excluding hydrogens is 190 g/mol. The second-order valence-electron chi connectivity index (χ2n) is 3.28. The fourth-order valence-corrected chi connectivity index (χ4v) is 1.56. The predicted molar refractivity (Wildman–Crippen MR) is 56.2 cm³/mol. The first kappa shape index (κ1) is 9.86. The zero-order valence-corrected chi connectivity index (χ0v) is 8.39. The van der Waals surface area contributed by atoms with Gasteiger partial charge in [0, 0.05) is 11.8 Å². The maximum atomic E-state index is 4.22. The average molecular weight is 203 g/mol. The Labute approximate surface area is 88.3 Å². The minimum absolute atomic E-state index is 1.05. The largest absolute Gasteiger partial charge is 0.346 e. The topological polar surface area (TPSA) is 51.0 Å². The summed E-state index contributed by atoms with van der Waals surface area (Å²) in [6.07, 6.45) is 4.07. The average Bonchev–Trinajstić information content (AvgIpc) is 2.88. The van der Waals surface area contributed by atoms with E-state index in [9.17, 15) is 0 Å². The van der Waals surface area contributed by atoms with Crippen molar-refractivity contribution in [1.82, 2.24) is 15.7 Å². The maximum absolute atomic E-state index is 4.22. The molecule has 1 aliphatic heterocycles. The molecule has 1 aromatic carbocycles. The molecule has 3 rings (SSSR count). The molecular formula is C11H13N3O. The number of benzene rings is 1. The van der Waals surface area contributed by atoms with Crippen molar-refractivity contribution in [3.8, 4) is 0 Å². The van der Waals surface area contributed by atoms with Crippen LogP contribution in [-0.4, -0.2) is 16.9 Å². The Balaban J connectivity index is 0.000000144. The highest BCUT2D eigenvalue weighted by Gasteiger charge is 2.05. The molecule has 78 valence electrons. The first-order valence-electron chi connectivity index (χ1n) is 4.95. The number of fused-ring (bicyclic) bond motifs is 1. The van der Waals surface area contributed by atoms with Gasteiger partial charge < -0.3 is 9.84 Å². The Kier molecular flexibility index (Phi) is 3.46. The van der Waals surface area contributed by atoms with Crippen LogP contribution in [0.2, 0.25) is 0 Å². The number of nitrogens with one attached hydrogen (secondary N) is 1. The van der Waals surface area contributed by atoms with E-state index in [-0.39, 0.29) is 0 Å². The van der Waals surface area contributed by atoms with Crippen molar-refractivity contribution in [3.05, 3.63) is 47.9 Å². The molecule has 0 radical (unpaired) electrons. The van der Waals surface area contributed by atoms with Gasteiger partial charge in [-0.3, -0.25) is 0 Å². The van der Waals surface area contributed by atoms with E-state index in [4.69, 9.17) is 0 Å². The highest BCUT2D eigenvalue weighted by Crippen LogP contribution is 2.11. The molecule has 0 amide bonds. The van der Waals surface area contributed by atoms with Crippen molar-refractivity contribution in [3.63, 3.8) is 0 Å². The van der Waals surface area contributed by atoms with E-state index in [1.165, 1.54) is 30.0 Å². The summed E-state index contributed by atoms with van der Waals surface area (Å²) in [6.45, 7) is 2.19. The van der Waals surface area contributed by atoms with Gasteiger partial charge in [0.15, 0.2) is 0 Å². The molecule has 1 N–H and O–H groups in total. The fourth-order valence-electron chi connectivity index (χ4n) is 1.56. The molecule has 0 atom stereocenters. The summed E-state index contributed by atoms with van der Waals surface area (Å²) in [5.41, 5.74) is 2.98. The zero-order valence-electron chi connectivity index (χ0n) is 8.39. The Hall–Kier alpha value is -1.68. The third-order valence-corrected chi connectivity index (χ3v) is 2.29. The van der Waals surface area contributed by atoms with Gasteiger partial charge in [0.2, 0.25) is 0 Å². The molecule has 1 aliphatic rings. The standard InChI is InChI=1S/C9H11N.C2H2N2O/c1-2-4-9-7-10-6-5-8(9)3-1;1-2-5-4-3-1/h1-4,10H,5-7H2;1-2H. The van der Waals surface area contributed by atoms with Gasteiger partial charge in [-0.25, -0.2) is 0 Å².